The molecule has 7 heteroatoms. The Kier molecular flexibility index (Phi) is 5.04. The molecule has 0 fully saturated rings. The van der Waals surface area contributed by atoms with Crippen molar-refractivity contribution in [3.8, 4) is 0 Å². The molecule has 0 saturated carbocycles. The van der Waals surface area contributed by atoms with Gasteiger partial charge in [-0.05, 0) is 12.1 Å². The van der Waals surface area contributed by atoms with Gasteiger partial charge < -0.3 is 16.3 Å². The summed E-state index contributed by atoms with van der Waals surface area (Å²) >= 11 is 0. The zero-order chi connectivity index (χ0) is 13.5. The number of amides is 1. The van der Waals surface area contributed by atoms with Crippen LogP contribution in [-0.2, 0) is 11.2 Å². The van der Waals surface area contributed by atoms with Crippen LogP contribution >= 0.6 is 0 Å². The zero-order valence-corrected chi connectivity index (χ0v) is 9.49. The summed E-state index contributed by atoms with van der Waals surface area (Å²) in [5, 5.41) is 13.4. The lowest BCUT2D eigenvalue weighted by atomic mass is 10.1. The average molecular weight is 257 g/mol. The van der Waals surface area contributed by atoms with Crippen molar-refractivity contribution in [2.45, 2.75) is 12.8 Å². The number of nitrogens with one attached hydrogen (secondary N) is 1. The fraction of sp³-hybridized carbons (Fsp3) is 0.273. The number of oxime groups is 1. The lowest BCUT2D eigenvalue weighted by Crippen LogP contribution is -2.29. The number of carbonyl (C=O) groups is 1. The maximum absolute atomic E-state index is 13.2. The highest BCUT2D eigenvalue weighted by Crippen LogP contribution is 2.12. The first-order chi connectivity index (χ1) is 8.54. The Labute approximate surface area is 102 Å². The average Bonchev–Trinajstić information content (AvgIpc) is 2.34. The van der Waals surface area contributed by atoms with Crippen molar-refractivity contribution in [1.82, 2.24) is 5.32 Å². The van der Waals surface area contributed by atoms with E-state index in [9.17, 15) is 13.6 Å². The van der Waals surface area contributed by atoms with Crippen LogP contribution in [0.2, 0.25) is 0 Å². The molecule has 1 rings (SSSR count). The molecule has 0 atom stereocenters. The molecule has 18 heavy (non-hydrogen) atoms. The summed E-state index contributed by atoms with van der Waals surface area (Å²) in [7, 11) is 0. The molecule has 98 valence electrons. The largest absolute Gasteiger partial charge is 0.409 e. The third kappa shape index (κ3) is 4.00. The van der Waals surface area contributed by atoms with E-state index >= 15 is 0 Å². The number of nitrogens with two attached hydrogens (primary N) is 1. The number of halogens is 2. The molecule has 5 nitrogen and oxygen atoms in total. The van der Waals surface area contributed by atoms with Crippen molar-refractivity contribution in [1.29, 1.82) is 0 Å². The molecular formula is C11H13F2N3O2. The number of nitrogens with zero attached hydrogens (tertiary/aromatic N) is 1. The van der Waals surface area contributed by atoms with E-state index in [0.717, 1.165) is 12.1 Å². The summed E-state index contributed by atoms with van der Waals surface area (Å²) in [5.41, 5.74) is 4.91. The van der Waals surface area contributed by atoms with Crippen LogP contribution in [0.3, 0.4) is 0 Å². The van der Waals surface area contributed by atoms with Gasteiger partial charge in [0.2, 0.25) is 5.91 Å². The van der Waals surface area contributed by atoms with Crippen LogP contribution in [0.4, 0.5) is 8.78 Å². The van der Waals surface area contributed by atoms with Crippen LogP contribution in [0.5, 0.6) is 0 Å². The molecule has 1 aromatic carbocycles. The predicted molar refractivity (Wildman–Crippen MR) is 61.1 cm³/mol. The van der Waals surface area contributed by atoms with Gasteiger partial charge in [0.25, 0.3) is 0 Å². The van der Waals surface area contributed by atoms with Crippen molar-refractivity contribution in [3.63, 3.8) is 0 Å². The van der Waals surface area contributed by atoms with Gasteiger partial charge in [-0.1, -0.05) is 11.2 Å². The first kappa shape index (κ1) is 13.9. The Hall–Kier alpha value is -2.18. The highest BCUT2D eigenvalue weighted by atomic mass is 19.1. The maximum Gasteiger partial charge on any atom is 0.224 e. The molecule has 0 heterocycles. The standard InChI is InChI=1S/C11H13F2N3O2/c12-8-2-1-3-9(13)7(8)6-11(17)15-5-4-10(14)16-18/h1-3,18H,4-6H2,(H2,14,16)(H,15,17). The molecule has 0 aliphatic heterocycles. The van der Waals surface area contributed by atoms with Gasteiger partial charge in [0.1, 0.15) is 17.5 Å². The minimum Gasteiger partial charge on any atom is -0.409 e. The monoisotopic (exact) mass is 257 g/mol. The maximum atomic E-state index is 13.2. The molecule has 0 radical (unpaired) electrons. The van der Waals surface area contributed by atoms with Crippen molar-refractivity contribution in [3.05, 3.63) is 35.4 Å². The number of carbonyl (C=O) groups excluding carboxylic acids is 1. The number of hydrogen-bond acceptors (Lipinski definition) is 3. The van der Waals surface area contributed by atoms with E-state index in [0.29, 0.717) is 0 Å². The van der Waals surface area contributed by atoms with E-state index in [-0.39, 0.29) is 24.4 Å². The van der Waals surface area contributed by atoms with Crippen molar-refractivity contribution in [2.24, 2.45) is 10.9 Å². The van der Waals surface area contributed by atoms with Gasteiger partial charge in [0, 0.05) is 18.5 Å². The van der Waals surface area contributed by atoms with Crippen molar-refractivity contribution in [2.75, 3.05) is 6.54 Å². The molecule has 4 N–H and O–H groups in total. The van der Waals surface area contributed by atoms with Crippen LogP contribution in [0, 0.1) is 11.6 Å². The van der Waals surface area contributed by atoms with Gasteiger partial charge in [0.15, 0.2) is 0 Å². The number of hydrogen-bond donors (Lipinski definition) is 3. The number of benzene rings is 1. The van der Waals surface area contributed by atoms with Gasteiger partial charge in [0.05, 0.1) is 6.42 Å². The smallest absolute Gasteiger partial charge is 0.224 e. The second-order valence-electron chi connectivity index (χ2n) is 3.57. The van der Waals surface area contributed by atoms with Crippen LogP contribution in [0.1, 0.15) is 12.0 Å². The summed E-state index contributed by atoms with van der Waals surface area (Å²) in [4.78, 5) is 11.4. The Bertz CT molecular complexity index is 443. The second-order valence-corrected chi connectivity index (χ2v) is 3.57. The Morgan fingerprint density at radius 1 is 1.39 bits per heavy atom. The van der Waals surface area contributed by atoms with E-state index < -0.39 is 24.0 Å². The minimum absolute atomic E-state index is 0.0348. The summed E-state index contributed by atoms with van der Waals surface area (Å²) in [6.45, 7) is 0.130. The van der Waals surface area contributed by atoms with Crippen molar-refractivity contribution >= 4 is 11.7 Å². The lowest BCUT2D eigenvalue weighted by molar-refractivity contribution is -0.120. The van der Waals surface area contributed by atoms with Gasteiger partial charge in [-0.15, -0.1) is 0 Å². The van der Waals surface area contributed by atoms with E-state index in [2.05, 4.69) is 10.5 Å². The van der Waals surface area contributed by atoms with Gasteiger partial charge in [-0.3, -0.25) is 4.79 Å². The zero-order valence-electron chi connectivity index (χ0n) is 9.49. The van der Waals surface area contributed by atoms with E-state index in [1.54, 1.807) is 0 Å². The SMILES string of the molecule is NC(CCNC(=O)Cc1c(F)cccc1F)=NO. The molecule has 0 saturated heterocycles. The highest BCUT2D eigenvalue weighted by molar-refractivity contribution is 5.82. The lowest BCUT2D eigenvalue weighted by Gasteiger charge is -2.06. The Morgan fingerprint density at radius 3 is 2.56 bits per heavy atom. The third-order valence-corrected chi connectivity index (χ3v) is 2.23. The molecule has 0 aliphatic rings. The van der Waals surface area contributed by atoms with E-state index in [4.69, 9.17) is 10.9 Å². The first-order valence-electron chi connectivity index (χ1n) is 5.20. The number of rotatable bonds is 5. The third-order valence-electron chi connectivity index (χ3n) is 2.23. The fourth-order valence-corrected chi connectivity index (χ4v) is 1.30. The fourth-order valence-electron chi connectivity index (χ4n) is 1.30. The van der Waals surface area contributed by atoms with Gasteiger partial charge in [-0.25, -0.2) is 8.78 Å². The first-order valence-corrected chi connectivity index (χ1v) is 5.20. The highest BCUT2D eigenvalue weighted by Gasteiger charge is 2.12. The van der Waals surface area contributed by atoms with E-state index in [1.807, 2.05) is 0 Å². The Morgan fingerprint density at radius 2 is 2.00 bits per heavy atom. The topological polar surface area (TPSA) is 87.7 Å². The summed E-state index contributed by atoms with van der Waals surface area (Å²) < 4.78 is 26.4. The molecule has 1 aromatic rings. The Balaban J connectivity index is 2.50. The van der Waals surface area contributed by atoms with Gasteiger partial charge >= 0.3 is 0 Å². The summed E-state index contributed by atoms with van der Waals surface area (Å²) in [6, 6.07) is 3.40. The summed E-state index contributed by atoms with van der Waals surface area (Å²) in [5.74, 6) is -2.10. The van der Waals surface area contributed by atoms with Crippen LogP contribution in [-0.4, -0.2) is 23.5 Å². The molecule has 0 unspecified atom stereocenters. The number of amidine groups is 1. The summed E-state index contributed by atoms with van der Waals surface area (Å²) in [6.07, 6.45) is -0.239. The van der Waals surface area contributed by atoms with E-state index in [1.165, 1.54) is 6.07 Å². The minimum atomic E-state index is -0.762. The molecular weight excluding hydrogens is 244 g/mol. The van der Waals surface area contributed by atoms with Gasteiger partial charge in [-0.2, -0.15) is 0 Å². The normalized spacial score (nSPS) is 11.3. The van der Waals surface area contributed by atoms with Crippen LogP contribution < -0.4 is 11.1 Å². The quantitative estimate of drug-likeness (QED) is 0.315. The predicted octanol–water partition coefficient (Wildman–Crippen LogP) is 0.760. The molecule has 0 spiro atoms. The molecule has 0 bridgehead atoms. The molecule has 0 aliphatic carbocycles. The molecule has 0 aromatic heterocycles. The van der Waals surface area contributed by atoms with Crippen molar-refractivity contribution < 1.29 is 18.8 Å². The van der Waals surface area contributed by atoms with Crippen LogP contribution in [0.15, 0.2) is 23.4 Å². The molecule has 1 amide bonds. The van der Waals surface area contributed by atoms with Crippen LogP contribution in [0.25, 0.3) is 0 Å². The second kappa shape index (κ2) is 6.53.